The van der Waals surface area contributed by atoms with Crippen LogP contribution in [0, 0.1) is 11.8 Å². The Bertz CT molecular complexity index is 519. The lowest BCUT2D eigenvalue weighted by atomic mass is 9.92. The molecule has 1 fully saturated rings. The normalized spacial score (nSPS) is 23.3. The molecule has 4 nitrogen and oxygen atoms in total. The Balaban J connectivity index is 1.89. The molecule has 3 unspecified atom stereocenters. The Morgan fingerprint density at radius 2 is 1.78 bits per heavy atom. The van der Waals surface area contributed by atoms with Crippen LogP contribution in [-0.2, 0) is 16.0 Å². The topological polar surface area (TPSA) is 49.4 Å². The van der Waals surface area contributed by atoms with E-state index in [1.54, 1.807) is 6.92 Å². The van der Waals surface area contributed by atoms with Crippen molar-refractivity contribution >= 4 is 11.7 Å². The molecule has 1 amide bonds. The van der Waals surface area contributed by atoms with E-state index in [1.807, 2.05) is 30.3 Å². The van der Waals surface area contributed by atoms with Crippen LogP contribution < -0.4 is 5.32 Å². The SMILES string of the molecule is CC(=O)C(Cc1ccccc1)NC(=O)CN1CC(C)CC(C)C1. The molecule has 0 radical (unpaired) electrons. The average molecular weight is 316 g/mol. The summed E-state index contributed by atoms with van der Waals surface area (Å²) in [5.74, 6) is 1.20. The monoisotopic (exact) mass is 316 g/mol. The van der Waals surface area contributed by atoms with Crippen molar-refractivity contribution in [2.75, 3.05) is 19.6 Å². The van der Waals surface area contributed by atoms with Crippen molar-refractivity contribution in [2.24, 2.45) is 11.8 Å². The minimum Gasteiger partial charge on any atom is -0.345 e. The van der Waals surface area contributed by atoms with E-state index in [2.05, 4.69) is 24.1 Å². The maximum Gasteiger partial charge on any atom is 0.234 e. The molecule has 1 heterocycles. The molecule has 1 aromatic carbocycles. The van der Waals surface area contributed by atoms with Crippen LogP contribution in [0.1, 0.15) is 32.8 Å². The van der Waals surface area contributed by atoms with Crippen molar-refractivity contribution in [2.45, 2.75) is 39.7 Å². The zero-order valence-electron chi connectivity index (χ0n) is 14.4. The molecule has 4 heteroatoms. The third kappa shape index (κ3) is 5.79. The van der Waals surface area contributed by atoms with E-state index >= 15 is 0 Å². The first-order valence-corrected chi connectivity index (χ1v) is 8.50. The first-order valence-electron chi connectivity index (χ1n) is 8.50. The number of nitrogens with one attached hydrogen (secondary N) is 1. The van der Waals surface area contributed by atoms with Gasteiger partial charge in [0.15, 0.2) is 5.78 Å². The molecular formula is C19H28N2O2. The molecule has 23 heavy (non-hydrogen) atoms. The molecule has 2 rings (SSSR count). The van der Waals surface area contributed by atoms with E-state index in [0.717, 1.165) is 18.7 Å². The van der Waals surface area contributed by atoms with Crippen LogP contribution in [0.5, 0.6) is 0 Å². The van der Waals surface area contributed by atoms with Crippen molar-refractivity contribution in [3.63, 3.8) is 0 Å². The molecular weight excluding hydrogens is 288 g/mol. The van der Waals surface area contributed by atoms with E-state index in [4.69, 9.17) is 0 Å². The van der Waals surface area contributed by atoms with Crippen molar-refractivity contribution in [3.8, 4) is 0 Å². The van der Waals surface area contributed by atoms with E-state index in [1.165, 1.54) is 6.42 Å². The number of hydrogen-bond acceptors (Lipinski definition) is 3. The van der Waals surface area contributed by atoms with Crippen molar-refractivity contribution in [1.82, 2.24) is 10.2 Å². The highest BCUT2D eigenvalue weighted by atomic mass is 16.2. The first kappa shape index (κ1) is 17.7. The summed E-state index contributed by atoms with van der Waals surface area (Å²) in [6, 6.07) is 9.37. The van der Waals surface area contributed by atoms with Gasteiger partial charge in [-0.05, 0) is 37.2 Å². The molecule has 0 bridgehead atoms. The molecule has 1 aromatic rings. The second-order valence-corrected chi connectivity index (χ2v) is 7.06. The number of piperidine rings is 1. The summed E-state index contributed by atoms with van der Waals surface area (Å²) >= 11 is 0. The van der Waals surface area contributed by atoms with Crippen LogP contribution in [0.4, 0.5) is 0 Å². The minimum atomic E-state index is -0.440. The van der Waals surface area contributed by atoms with Gasteiger partial charge in [-0.25, -0.2) is 0 Å². The lowest BCUT2D eigenvalue weighted by Gasteiger charge is -2.34. The lowest BCUT2D eigenvalue weighted by Crippen LogP contribution is -2.48. The molecule has 0 aliphatic carbocycles. The highest BCUT2D eigenvalue weighted by Gasteiger charge is 2.24. The number of nitrogens with zero attached hydrogens (tertiary/aromatic N) is 1. The van der Waals surface area contributed by atoms with Gasteiger partial charge in [-0.1, -0.05) is 44.2 Å². The maximum absolute atomic E-state index is 12.3. The standard InChI is InChI=1S/C19H28N2O2/c1-14-9-15(2)12-21(11-14)13-19(23)20-18(16(3)22)10-17-7-5-4-6-8-17/h4-8,14-15,18H,9-13H2,1-3H3,(H,20,23). The van der Waals surface area contributed by atoms with E-state index in [-0.39, 0.29) is 11.7 Å². The highest BCUT2D eigenvalue weighted by molar-refractivity contribution is 5.88. The average Bonchev–Trinajstić information content (AvgIpc) is 2.46. The van der Waals surface area contributed by atoms with Crippen LogP contribution in [0.25, 0.3) is 0 Å². The predicted molar refractivity (Wildman–Crippen MR) is 92.1 cm³/mol. The van der Waals surface area contributed by atoms with Crippen LogP contribution in [0.15, 0.2) is 30.3 Å². The molecule has 0 aromatic heterocycles. The second kappa shape index (κ2) is 8.25. The summed E-state index contributed by atoms with van der Waals surface area (Å²) in [7, 11) is 0. The zero-order valence-corrected chi connectivity index (χ0v) is 14.4. The summed E-state index contributed by atoms with van der Waals surface area (Å²) in [5.41, 5.74) is 1.06. The third-order valence-electron chi connectivity index (χ3n) is 4.42. The number of amides is 1. The molecule has 1 saturated heterocycles. The van der Waals surface area contributed by atoms with E-state index in [0.29, 0.717) is 24.8 Å². The van der Waals surface area contributed by atoms with Crippen LogP contribution in [0.2, 0.25) is 0 Å². The van der Waals surface area contributed by atoms with Gasteiger partial charge < -0.3 is 5.32 Å². The number of hydrogen-bond donors (Lipinski definition) is 1. The van der Waals surface area contributed by atoms with Crippen LogP contribution >= 0.6 is 0 Å². The number of carbonyl (C=O) groups excluding carboxylic acids is 2. The van der Waals surface area contributed by atoms with Gasteiger partial charge in [0, 0.05) is 13.1 Å². The second-order valence-electron chi connectivity index (χ2n) is 7.06. The van der Waals surface area contributed by atoms with Crippen molar-refractivity contribution < 1.29 is 9.59 Å². The van der Waals surface area contributed by atoms with Gasteiger partial charge in [-0.15, -0.1) is 0 Å². The molecule has 0 spiro atoms. The van der Waals surface area contributed by atoms with Gasteiger partial charge in [-0.3, -0.25) is 14.5 Å². The lowest BCUT2D eigenvalue weighted by molar-refractivity contribution is -0.128. The fourth-order valence-corrected chi connectivity index (χ4v) is 3.51. The van der Waals surface area contributed by atoms with Gasteiger partial charge in [0.2, 0.25) is 5.91 Å². The quantitative estimate of drug-likeness (QED) is 0.876. The Labute approximate surface area is 139 Å². The predicted octanol–water partition coefficient (Wildman–Crippen LogP) is 2.28. The number of ketones is 1. The van der Waals surface area contributed by atoms with Crippen LogP contribution in [-0.4, -0.2) is 42.3 Å². The highest BCUT2D eigenvalue weighted by Crippen LogP contribution is 2.20. The smallest absolute Gasteiger partial charge is 0.234 e. The summed E-state index contributed by atoms with van der Waals surface area (Å²) in [4.78, 5) is 26.4. The van der Waals surface area contributed by atoms with Gasteiger partial charge in [-0.2, -0.15) is 0 Å². The molecule has 0 saturated carbocycles. The van der Waals surface area contributed by atoms with E-state index < -0.39 is 6.04 Å². The van der Waals surface area contributed by atoms with Gasteiger partial charge in [0.05, 0.1) is 12.6 Å². The van der Waals surface area contributed by atoms with Crippen molar-refractivity contribution in [1.29, 1.82) is 0 Å². The first-order chi connectivity index (χ1) is 10.9. The van der Waals surface area contributed by atoms with Gasteiger partial charge in [0.1, 0.15) is 0 Å². The number of Topliss-reactive ketones (excluding diaryl/α,β-unsaturated/α-hetero) is 1. The molecule has 3 atom stereocenters. The number of rotatable bonds is 6. The molecule has 126 valence electrons. The minimum absolute atomic E-state index is 0.00239. The molecule has 1 aliphatic heterocycles. The fraction of sp³-hybridized carbons (Fsp3) is 0.579. The number of benzene rings is 1. The van der Waals surface area contributed by atoms with Gasteiger partial charge in [0.25, 0.3) is 0 Å². The number of carbonyl (C=O) groups is 2. The fourth-order valence-electron chi connectivity index (χ4n) is 3.51. The number of likely N-dealkylation sites (tertiary alicyclic amines) is 1. The van der Waals surface area contributed by atoms with E-state index in [9.17, 15) is 9.59 Å². The maximum atomic E-state index is 12.3. The summed E-state index contributed by atoms with van der Waals surface area (Å²) < 4.78 is 0. The summed E-state index contributed by atoms with van der Waals surface area (Å²) in [6.45, 7) is 8.30. The Hall–Kier alpha value is -1.68. The van der Waals surface area contributed by atoms with Crippen molar-refractivity contribution in [3.05, 3.63) is 35.9 Å². The Morgan fingerprint density at radius 1 is 1.17 bits per heavy atom. The third-order valence-corrected chi connectivity index (χ3v) is 4.42. The summed E-state index contributed by atoms with van der Waals surface area (Å²) in [6.07, 6.45) is 1.77. The molecule has 1 N–H and O–H groups in total. The summed E-state index contributed by atoms with van der Waals surface area (Å²) in [5, 5.41) is 2.91. The van der Waals surface area contributed by atoms with Gasteiger partial charge >= 0.3 is 0 Å². The van der Waals surface area contributed by atoms with Crippen LogP contribution in [0.3, 0.4) is 0 Å². The molecule has 1 aliphatic rings. The Kier molecular flexibility index (Phi) is 6.34. The largest absolute Gasteiger partial charge is 0.345 e. The Morgan fingerprint density at radius 3 is 2.35 bits per heavy atom. The zero-order chi connectivity index (χ0) is 16.8.